The molecule has 0 bridgehead atoms. The number of nitrogens with one attached hydrogen (secondary N) is 3. The highest BCUT2D eigenvalue weighted by atomic mass is 16.1. The molecule has 1 rings (SSSR count). The van der Waals surface area contributed by atoms with E-state index in [1.165, 1.54) is 32.1 Å². The summed E-state index contributed by atoms with van der Waals surface area (Å²) in [6.45, 7) is 11.3. The van der Waals surface area contributed by atoms with E-state index in [1.54, 1.807) is 7.05 Å². The van der Waals surface area contributed by atoms with Gasteiger partial charge in [0.2, 0.25) is 5.91 Å². The molecule has 3 N–H and O–H groups in total. The van der Waals surface area contributed by atoms with Crippen LogP contribution in [0.3, 0.4) is 0 Å². The minimum atomic E-state index is 0.186. The number of aliphatic imine (C=N–C) groups is 1. The molecule has 26 heavy (non-hydrogen) atoms. The lowest BCUT2D eigenvalue weighted by molar-refractivity contribution is -0.121. The Labute approximate surface area is 160 Å². The fourth-order valence-electron chi connectivity index (χ4n) is 3.59. The van der Waals surface area contributed by atoms with Gasteiger partial charge >= 0.3 is 0 Å². The number of hydrogen-bond donors (Lipinski definition) is 3. The van der Waals surface area contributed by atoms with Crippen molar-refractivity contribution in [1.82, 2.24) is 20.9 Å². The van der Waals surface area contributed by atoms with Crippen molar-refractivity contribution in [1.29, 1.82) is 0 Å². The first-order valence-corrected chi connectivity index (χ1v) is 10.5. The summed E-state index contributed by atoms with van der Waals surface area (Å²) in [5.74, 6) is 1.60. The van der Waals surface area contributed by atoms with Crippen molar-refractivity contribution in [3.05, 3.63) is 0 Å². The van der Waals surface area contributed by atoms with Crippen molar-refractivity contribution < 1.29 is 4.79 Å². The Bertz CT molecular complexity index is 403. The quantitative estimate of drug-likeness (QED) is 0.281. The van der Waals surface area contributed by atoms with Crippen LogP contribution in [0.4, 0.5) is 0 Å². The maximum absolute atomic E-state index is 11.9. The van der Waals surface area contributed by atoms with Crippen molar-refractivity contribution >= 4 is 11.9 Å². The number of nitrogens with zero attached hydrogens (tertiary/aromatic N) is 2. The Morgan fingerprint density at radius 3 is 2.42 bits per heavy atom. The number of rotatable bonds is 12. The molecule has 1 fully saturated rings. The highest BCUT2D eigenvalue weighted by Gasteiger charge is 2.17. The van der Waals surface area contributed by atoms with Gasteiger partial charge in [-0.2, -0.15) is 0 Å². The largest absolute Gasteiger partial charge is 0.355 e. The normalized spacial score (nSPS) is 16.7. The van der Waals surface area contributed by atoms with Crippen molar-refractivity contribution in [2.75, 3.05) is 39.8 Å². The van der Waals surface area contributed by atoms with Crippen LogP contribution in [0.15, 0.2) is 4.99 Å². The number of guanidine groups is 1. The summed E-state index contributed by atoms with van der Waals surface area (Å²) < 4.78 is 0. The zero-order chi connectivity index (χ0) is 19.2. The average Bonchev–Trinajstić information content (AvgIpc) is 3.14. The Morgan fingerprint density at radius 1 is 1.15 bits per heavy atom. The van der Waals surface area contributed by atoms with Crippen LogP contribution in [0.5, 0.6) is 0 Å². The van der Waals surface area contributed by atoms with E-state index in [4.69, 9.17) is 0 Å². The van der Waals surface area contributed by atoms with Crippen molar-refractivity contribution in [2.24, 2.45) is 10.9 Å². The number of carbonyl (C=O) groups excluding carboxylic acids is 1. The predicted octanol–water partition coefficient (Wildman–Crippen LogP) is 2.36. The van der Waals surface area contributed by atoms with Crippen LogP contribution in [-0.2, 0) is 4.79 Å². The standard InChI is InChI=1S/C20H41N5O/c1-5-25(6-2)15-9-10-17(3)24-20(21-4)23-14-13-22-19(26)16-18-11-7-8-12-18/h17-18H,5-16H2,1-4H3,(H,22,26)(H2,21,23,24). The maximum atomic E-state index is 11.9. The summed E-state index contributed by atoms with van der Waals surface area (Å²) in [5, 5.41) is 9.73. The van der Waals surface area contributed by atoms with Crippen LogP contribution in [-0.4, -0.2) is 62.6 Å². The molecule has 6 nitrogen and oxygen atoms in total. The second kappa shape index (κ2) is 13.8. The van der Waals surface area contributed by atoms with Crippen LogP contribution in [0.2, 0.25) is 0 Å². The fraction of sp³-hybridized carbons (Fsp3) is 0.900. The molecule has 1 saturated carbocycles. The molecular formula is C20H41N5O. The summed E-state index contributed by atoms with van der Waals surface area (Å²) in [6, 6.07) is 0.383. The van der Waals surface area contributed by atoms with Gasteiger partial charge in [0.1, 0.15) is 0 Å². The molecule has 0 saturated heterocycles. The van der Waals surface area contributed by atoms with Gasteiger partial charge in [-0.3, -0.25) is 9.79 Å². The molecule has 1 aliphatic rings. The minimum Gasteiger partial charge on any atom is -0.355 e. The zero-order valence-electron chi connectivity index (χ0n) is 17.4. The van der Waals surface area contributed by atoms with Gasteiger partial charge in [0, 0.05) is 32.6 Å². The SMILES string of the molecule is CCN(CC)CCCC(C)NC(=NC)NCCNC(=O)CC1CCCC1. The molecule has 0 aliphatic heterocycles. The summed E-state index contributed by atoms with van der Waals surface area (Å²) >= 11 is 0. The van der Waals surface area contributed by atoms with Gasteiger partial charge in [0.25, 0.3) is 0 Å². The van der Waals surface area contributed by atoms with Gasteiger partial charge in [0.05, 0.1) is 0 Å². The molecule has 0 aromatic rings. The van der Waals surface area contributed by atoms with Gasteiger partial charge in [-0.05, 0) is 58.2 Å². The summed E-state index contributed by atoms with van der Waals surface area (Å²) in [6.07, 6.45) is 8.00. The second-order valence-electron chi connectivity index (χ2n) is 7.42. The van der Waals surface area contributed by atoms with Crippen LogP contribution in [0.25, 0.3) is 0 Å². The lowest BCUT2D eigenvalue weighted by Crippen LogP contribution is -2.45. The first-order valence-electron chi connectivity index (χ1n) is 10.5. The van der Waals surface area contributed by atoms with Gasteiger partial charge < -0.3 is 20.9 Å². The van der Waals surface area contributed by atoms with E-state index in [0.717, 1.165) is 32.0 Å². The summed E-state index contributed by atoms with van der Waals surface area (Å²) in [7, 11) is 1.79. The number of hydrogen-bond acceptors (Lipinski definition) is 3. The number of carbonyl (C=O) groups is 1. The Hall–Kier alpha value is -1.30. The molecule has 0 heterocycles. The lowest BCUT2D eigenvalue weighted by atomic mass is 10.0. The minimum absolute atomic E-state index is 0.186. The smallest absolute Gasteiger partial charge is 0.220 e. The highest BCUT2D eigenvalue weighted by molar-refractivity contribution is 5.80. The third-order valence-electron chi connectivity index (χ3n) is 5.30. The molecule has 1 aliphatic carbocycles. The lowest BCUT2D eigenvalue weighted by Gasteiger charge is -2.21. The van der Waals surface area contributed by atoms with Crippen molar-refractivity contribution in [3.63, 3.8) is 0 Å². The molecule has 6 heteroatoms. The fourth-order valence-corrected chi connectivity index (χ4v) is 3.59. The van der Waals surface area contributed by atoms with E-state index in [-0.39, 0.29) is 5.91 Å². The first-order chi connectivity index (χ1) is 12.6. The Balaban J connectivity index is 2.10. The Kier molecular flexibility index (Phi) is 12.1. The van der Waals surface area contributed by atoms with Gasteiger partial charge in [-0.1, -0.05) is 26.7 Å². The van der Waals surface area contributed by atoms with Gasteiger partial charge in [-0.25, -0.2) is 0 Å². The topological polar surface area (TPSA) is 68.8 Å². The zero-order valence-corrected chi connectivity index (χ0v) is 17.4. The van der Waals surface area contributed by atoms with E-state index >= 15 is 0 Å². The van der Waals surface area contributed by atoms with E-state index in [1.807, 2.05) is 0 Å². The van der Waals surface area contributed by atoms with Gasteiger partial charge in [0.15, 0.2) is 5.96 Å². The van der Waals surface area contributed by atoms with E-state index in [0.29, 0.717) is 31.5 Å². The molecule has 152 valence electrons. The molecule has 1 atom stereocenters. The summed E-state index contributed by atoms with van der Waals surface area (Å²) in [5.41, 5.74) is 0. The van der Waals surface area contributed by atoms with Crippen LogP contribution >= 0.6 is 0 Å². The average molecular weight is 368 g/mol. The summed E-state index contributed by atoms with van der Waals surface area (Å²) in [4.78, 5) is 18.7. The van der Waals surface area contributed by atoms with E-state index in [9.17, 15) is 4.79 Å². The third-order valence-corrected chi connectivity index (χ3v) is 5.30. The van der Waals surface area contributed by atoms with Gasteiger partial charge in [-0.15, -0.1) is 0 Å². The highest BCUT2D eigenvalue weighted by Crippen LogP contribution is 2.27. The Morgan fingerprint density at radius 2 is 1.81 bits per heavy atom. The van der Waals surface area contributed by atoms with Crippen LogP contribution < -0.4 is 16.0 Å². The third kappa shape index (κ3) is 10.00. The molecule has 1 amide bonds. The number of amides is 1. The second-order valence-corrected chi connectivity index (χ2v) is 7.42. The van der Waals surface area contributed by atoms with Crippen molar-refractivity contribution in [2.45, 2.75) is 71.8 Å². The van der Waals surface area contributed by atoms with Crippen LogP contribution in [0.1, 0.15) is 65.7 Å². The molecular weight excluding hydrogens is 326 g/mol. The van der Waals surface area contributed by atoms with Crippen LogP contribution in [0, 0.1) is 5.92 Å². The maximum Gasteiger partial charge on any atom is 0.220 e. The molecule has 1 unspecified atom stereocenters. The molecule has 0 aromatic heterocycles. The predicted molar refractivity (Wildman–Crippen MR) is 111 cm³/mol. The molecule has 0 spiro atoms. The van der Waals surface area contributed by atoms with Crippen molar-refractivity contribution in [3.8, 4) is 0 Å². The van der Waals surface area contributed by atoms with E-state index in [2.05, 4.69) is 46.6 Å². The van der Waals surface area contributed by atoms with E-state index < -0.39 is 0 Å². The molecule has 0 aromatic carbocycles. The first kappa shape index (κ1) is 22.7. The molecule has 0 radical (unpaired) electrons. The monoisotopic (exact) mass is 367 g/mol.